The molecule has 3 nitrogen and oxygen atoms in total. The SMILES string of the molecule is C=C[C@@]1(C)C[C@@H](NS(C)(=O)=O)c2ccc(C)cc21. The summed E-state index contributed by atoms with van der Waals surface area (Å²) < 4.78 is 25.6. The molecule has 0 fully saturated rings. The molecule has 18 heavy (non-hydrogen) atoms. The number of nitrogens with one attached hydrogen (secondary N) is 1. The minimum absolute atomic E-state index is 0.154. The molecule has 98 valence electrons. The van der Waals surface area contributed by atoms with E-state index in [-0.39, 0.29) is 11.5 Å². The van der Waals surface area contributed by atoms with E-state index in [4.69, 9.17) is 0 Å². The van der Waals surface area contributed by atoms with Gasteiger partial charge in [0.05, 0.1) is 6.26 Å². The molecule has 1 aliphatic carbocycles. The Morgan fingerprint density at radius 3 is 2.72 bits per heavy atom. The van der Waals surface area contributed by atoms with Gasteiger partial charge in [0.15, 0.2) is 0 Å². The van der Waals surface area contributed by atoms with Crippen molar-refractivity contribution >= 4 is 10.0 Å². The summed E-state index contributed by atoms with van der Waals surface area (Å²) in [4.78, 5) is 0. The maximum absolute atomic E-state index is 11.4. The van der Waals surface area contributed by atoms with E-state index in [9.17, 15) is 8.42 Å². The van der Waals surface area contributed by atoms with E-state index in [2.05, 4.69) is 24.3 Å². The number of aryl methyl sites for hydroxylation is 1. The highest BCUT2D eigenvalue weighted by molar-refractivity contribution is 7.88. The molecule has 1 aliphatic rings. The molecule has 0 spiro atoms. The van der Waals surface area contributed by atoms with Gasteiger partial charge in [-0.15, -0.1) is 6.58 Å². The fourth-order valence-corrected chi connectivity index (χ4v) is 3.40. The van der Waals surface area contributed by atoms with E-state index < -0.39 is 10.0 Å². The largest absolute Gasteiger partial charge is 0.213 e. The summed E-state index contributed by atoms with van der Waals surface area (Å²) in [6, 6.07) is 6.01. The highest BCUT2D eigenvalue weighted by atomic mass is 32.2. The zero-order chi connectivity index (χ0) is 13.6. The van der Waals surface area contributed by atoms with Gasteiger partial charge in [0.1, 0.15) is 0 Å². The normalized spacial score (nSPS) is 26.9. The summed E-state index contributed by atoms with van der Waals surface area (Å²) in [5.74, 6) is 0. The third-order valence-electron chi connectivity index (χ3n) is 3.63. The molecule has 1 aromatic rings. The van der Waals surface area contributed by atoms with Crippen LogP contribution in [0.4, 0.5) is 0 Å². The molecule has 0 radical (unpaired) electrons. The van der Waals surface area contributed by atoms with Gasteiger partial charge in [-0.2, -0.15) is 0 Å². The van der Waals surface area contributed by atoms with Crippen LogP contribution in [0, 0.1) is 6.92 Å². The number of rotatable bonds is 3. The Balaban J connectivity index is 2.50. The molecule has 0 aromatic heterocycles. The summed E-state index contributed by atoms with van der Waals surface area (Å²) in [5, 5.41) is 0. The van der Waals surface area contributed by atoms with Crippen molar-refractivity contribution in [2.45, 2.75) is 31.7 Å². The number of allylic oxidation sites excluding steroid dienone is 1. The molecule has 4 heteroatoms. The third-order valence-corrected chi connectivity index (χ3v) is 4.35. The van der Waals surface area contributed by atoms with Gasteiger partial charge in [-0.25, -0.2) is 13.1 Å². The molecule has 2 rings (SSSR count). The Hall–Kier alpha value is -1.13. The molecule has 1 N–H and O–H groups in total. The highest BCUT2D eigenvalue weighted by Crippen LogP contribution is 2.45. The Morgan fingerprint density at radius 1 is 1.50 bits per heavy atom. The first-order valence-electron chi connectivity index (χ1n) is 5.97. The third kappa shape index (κ3) is 2.35. The van der Waals surface area contributed by atoms with Crippen molar-refractivity contribution in [1.29, 1.82) is 0 Å². The van der Waals surface area contributed by atoms with Crippen LogP contribution in [0.3, 0.4) is 0 Å². The van der Waals surface area contributed by atoms with E-state index in [1.165, 1.54) is 17.4 Å². The van der Waals surface area contributed by atoms with Gasteiger partial charge in [-0.3, -0.25) is 0 Å². The standard InChI is InChI=1S/C14H19NO2S/c1-5-14(3)9-13(15-18(4,16)17)11-7-6-10(2)8-12(11)14/h5-8,13,15H,1,9H2,2-4H3/t13-,14+/m1/s1. The smallest absolute Gasteiger partial charge is 0.209 e. The lowest BCUT2D eigenvalue weighted by atomic mass is 9.84. The number of sulfonamides is 1. The number of fused-ring (bicyclic) bond motifs is 1. The molecule has 0 unspecified atom stereocenters. The quantitative estimate of drug-likeness (QED) is 0.853. The minimum atomic E-state index is -3.20. The van der Waals surface area contributed by atoms with Crippen LogP contribution in [-0.4, -0.2) is 14.7 Å². The van der Waals surface area contributed by atoms with Crippen molar-refractivity contribution in [3.63, 3.8) is 0 Å². The molecular formula is C14H19NO2S. The van der Waals surface area contributed by atoms with Gasteiger partial charge in [-0.1, -0.05) is 36.8 Å². The average molecular weight is 265 g/mol. The fourth-order valence-electron chi connectivity index (χ4n) is 2.67. The van der Waals surface area contributed by atoms with E-state index in [0.29, 0.717) is 0 Å². The van der Waals surface area contributed by atoms with Crippen molar-refractivity contribution in [2.24, 2.45) is 0 Å². The average Bonchev–Trinajstić information content (AvgIpc) is 2.50. The lowest BCUT2D eigenvalue weighted by Gasteiger charge is -2.21. The summed E-state index contributed by atoms with van der Waals surface area (Å²) in [6.45, 7) is 8.04. The van der Waals surface area contributed by atoms with E-state index in [1.807, 2.05) is 25.1 Å². The molecule has 0 amide bonds. The van der Waals surface area contributed by atoms with Crippen LogP contribution in [0.1, 0.15) is 36.1 Å². The van der Waals surface area contributed by atoms with Crippen molar-refractivity contribution < 1.29 is 8.42 Å². The van der Waals surface area contributed by atoms with Gasteiger partial charge >= 0.3 is 0 Å². The van der Waals surface area contributed by atoms with Crippen molar-refractivity contribution in [1.82, 2.24) is 4.72 Å². The molecule has 0 bridgehead atoms. The van der Waals surface area contributed by atoms with Crippen molar-refractivity contribution in [3.05, 3.63) is 47.5 Å². The molecule has 2 atom stereocenters. The summed E-state index contributed by atoms with van der Waals surface area (Å²) in [7, 11) is -3.20. The molecule has 0 heterocycles. The van der Waals surface area contributed by atoms with Crippen molar-refractivity contribution in [2.75, 3.05) is 6.26 Å². The van der Waals surface area contributed by atoms with Crippen molar-refractivity contribution in [3.8, 4) is 0 Å². The Labute approximate surface area is 109 Å². The fraction of sp³-hybridized carbons (Fsp3) is 0.429. The van der Waals surface area contributed by atoms with Gasteiger partial charge in [0.2, 0.25) is 10.0 Å². The zero-order valence-corrected chi connectivity index (χ0v) is 11.8. The van der Waals surface area contributed by atoms with Crippen LogP contribution in [0.15, 0.2) is 30.9 Å². The van der Waals surface area contributed by atoms with Crippen LogP contribution in [-0.2, 0) is 15.4 Å². The van der Waals surface area contributed by atoms with Crippen LogP contribution >= 0.6 is 0 Å². The summed E-state index contributed by atoms with van der Waals surface area (Å²) >= 11 is 0. The van der Waals surface area contributed by atoms with E-state index >= 15 is 0 Å². The predicted octanol–water partition coefficient (Wildman–Crippen LogP) is 2.43. The highest BCUT2D eigenvalue weighted by Gasteiger charge is 2.39. The second kappa shape index (κ2) is 4.21. The van der Waals surface area contributed by atoms with Gasteiger partial charge in [-0.05, 0) is 24.5 Å². The first kappa shape index (κ1) is 13.3. The lowest BCUT2D eigenvalue weighted by molar-refractivity contribution is 0.499. The van der Waals surface area contributed by atoms with Crippen LogP contribution < -0.4 is 4.72 Å². The second-order valence-electron chi connectivity index (χ2n) is 5.36. The van der Waals surface area contributed by atoms with Gasteiger partial charge in [0.25, 0.3) is 0 Å². The Kier molecular flexibility index (Phi) is 3.11. The van der Waals surface area contributed by atoms with Crippen LogP contribution in [0.25, 0.3) is 0 Å². The first-order valence-corrected chi connectivity index (χ1v) is 7.86. The predicted molar refractivity (Wildman–Crippen MR) is 74.1 cm³/mol. The molecule has 0 aliphatic heterocycles. The topological polar surface area (TPSA) is 46.2 Å². The van der Waals surface area contributed by atoms with Crippen LogP contribution in [0.5, 0.6) is 0 Å². The maximum atomic E-state index is 11.4. The molecule has 0 saturated heterocycles. The van der Waals surface area contributed by atoms with E-state index in [1.54, 1.807) is 0 Å². The molecular weight excluding hydrogens is 246 g/mol. The molecule has 0 saturated carbocycles. The zero-order valence-electron chi connectivity index (χ0n) is 11.0. The molecule has 1 aromatic carbocycles. The monoisotopic (exact) mass is 265 g/mol. The number of hydrogen-bond acceptors (Lipinski definition) is 2. The first-order chi connectivity index (χ1) is 8.25. The van der Waals surface area contributed by atoms with Crippen LogP contribution in [0.2, 0.25) is 0 Å². The Bertz CT molecular complexity index is 592. The van der Waals surface area contributed by atoms with E-state index in [0.717, 1.165) is 12.0 Å². The Morgan fingerprint density at radius 2 is 2.17 bits per heavy atom. The van der Waals surface area contributed by atoms with Gasteiger partial charge < -0.3 is 0 Å². The maximum Gasteiger partial charge on any atom is 0.209 e. The number of benzene rings is 1. The lowest BCUT2D eigenvalue weighted by Crippen LogP contribution is -2.27. The summed E-state index contributed by atoms with van der Waals surface area (Å²) in [6.07, 6.45) is 3.84. The number of hydrogen-bond donors (Lipinski definition) is 1. The summed E-state index contributed by atoms with van der Waals surface area (Å²) in [5.41, 5.74) is 3.26. The van der Waals surface area contributed by atoms with Gasteiger partial charge in [0, 0.05) is 11.5 Å². The minimum Gasteiger partial charge on any atom is -0.213 e. The second-order valence-corrected chi connectivity index (χ2v) is 7.14.